The highest BCUT2D eigenvalue weighted by Gasteiger charge is 2.43. The molecule has 3 aliphatic heterocycles. The van der Waals surface area contributed by atoms with E-state index in [-0.39, 0.29) is 35.6 Å². The monoisotopic (exact) mass is 569 g/mol. The van der Waals surface area contributed by atoms with Gasteiger partial charge in [0.1, 0.15) is 12.2 Å². The molecule has 3 aromatic rings. The van der Waals surface area contributed by atoms with Crippen LogP contribution in [0.2, 0.25) is 0 Å². The molecule has 8 nitrogen and oxygen atoms in total. The van der Waals surface area contributed by atoms with E-state index in [0.29, 0.717) is 49.9 Å². The Balaban J connectivity index is 1.30. The van der Waals surface area contributed by atoms with Crippen molar-refractivity contribution in [1.82, 2.24) is 19.7 Å². The number of carbonyl (C=O) groups is 1. The Morgan fingerprint density at radius 1 is 1.17 bits per heavy atom. The van der Waals surface area contributed by atoms with Gasteiger partial charge >= 0.3 is 6.18 Å². The highest BCUT2D eigenvalue weighted by Crippen LogP contribution is 2.42. The lowest BCUT2D eigenvalue weighted by molar-refractivity contribution is -0.138. The number of fused-ring (bicyclic) bond motifs is 1. The number of hydrogen-bond acceptors (Lipinski definition) is 6. The number of aliphatic hydroxyl groups excluding tert-OH is 1. The Morgan fingerprint density at radius 3 is 2.63 bits per heavy atom. The number of nitrogens with zero attached hydrogens (tertiary/aromatic N) is 5. The maximum atomic E-state index is 14.3. The van der Waals surface area contributed by atoms with Crippen LogP contribution in [0.1, 0.15) is 51.8 Å². The number of benzene rings is 2. The summed E-state index contributed by atoms with van der Waals surface area (Å²) in [6.45, 7) is 4.60. The fourth-order valence-electron chi connectivity index (χ4n) is 6.63. The predicted octanol–water partition coefficient (Wildman–Crippen LogP) is 3.96. The van der Waals surface area contributed by atoms with Crippen LogP contribution in [0, 0.1) is 11.8 Å². The molecular formula is C30H34F3N5O3. The zero-order valence-corrected chi connectivity index (χ0v) is 23.2. The number of amides is 1. The average molecular weight is 570 g/mol. The third-order valence-electron chi connectivity index (χ3n) is 8.72. The number of aliphatic hydroxyl groups is 1. The smallest absolute Gasteiger partial charge is 0.396 e. The number of hydrogen-bond donors (Lipinski definition) is 1. The zero-order chi connectivity index (χ0) is 28.9. The number of alkyl halides is 3. The molecule has 0 spiro atoms. The van der Waals surface area contributed by atoms with Gasteiger partial charge in [-0.15, -0.1) is 10.2 Å². The van der Waals surface area contributed by atoms with Crippen LogP contribution in [-0.2, 0) is 42.9 Å². The van der Waals surface area contributed by atoms with Crippen LogP contribution in [0.5, 0.6) is 0 Å². The highest BCUT2D eigenvalue weighted by molar-refractivity contribution is 6.10. The topological polar surface area (TPSA) is 83.7 Å². The minimum Gasteiger partial charge on any atom is -0.396 e. The maximum Gasteiger partial charge on any atom is 0.416 e. The quantitative estimate of drug-likeness (QED) is 0.464. The van der Waals surface area contributed by atoms with Crippen molar-refractivity contribution in [1.29, 1.82) is 0 Å². The molecule has 0 bridgehead atoms. The van der Waals surface area contributed by atoms with Gasteiger partial charge in [0.05, 0.1) is 25.3 Å². The van der Waals surface area contributed by atoms with Gasteiger partial charge < -0.3 is 19.3 Å². The summed E-state index contributed by atoms with van der Waals surface area (Å²) in [4.78, 5) is 17.2. The molecular weight excluding hydrogens is 535 g/mol. The Kier molecular flexibility index (Phi) is 7.15. The van der Waals surface area contributed by atoms with Crippen LogP contribution in [0.4, 0.5) is 18.9 Å². The number of carbonyl (C=O) groups excluding carboxylic acids is 1. The summed E-state index contributed by atoms with van der Waals surface area (Å²) >= 11 is 0. The van der Waals surface area contributed by atoms with Crippen molar-refractivity contribution in [2.45, 2.75) is 44.4 Å². The molecule has 1 amide bonds. The molecule has 1 N–H and O–H groups in total. The molecule has 4 heterocycles. The van der Waals surface area contributed by atoms with Gasteiger partial charge in [-0.1, -0.05) is 19.1 Å². The first kappa shape index (κ1) is 27.9. The van der Waals surface area contributed by atoms with E-state index in [2.05, 4.69) is 22.0 Å². The van der Waals surface area contributed by atoms with Crippen molar-refractivity contribution in [3.8, 4) is 0 Å². The number of aromatic nitrogens is 3. The lowest BCUT2D eigenvalue weighted by Crippen LogP contribution is -2.49. The largest absolute Gasteiger partial charge is 0.416 e. The second-order valence-corrected chi connectivity index (χ2v) is 12.0. The van der Waals surface area contributed by atoms with Crippen LogP contribution in [0.25, 0.3) is 0 Å². The standard InChI is InChI=1S/C30H34F3N5O3/c1-19-6-21(15-39)13-37(11-19)12-20-7-24-25(26(8-20)30(31,32)33)14-38(28(24)40)23-5-3-4-22(9-23)29(16-41-17-29)10-27-35-34-18-36(27)2/h3-5,7-9,18-19,21,39H,6,10-17H2,1-2H3/t19-,21+/m1/s1. The third-order valence-corrected chi connectivity index (χ3v) is 8.72. The predicted molar refractivity (Wildman–Crippen MR) is 145 cm³/mol. The molecule has 218 valence electrons. The molecule has 2 saturated heterocycles. The Bertz CT molecular complexity index is 1450. The summed E-state index contributed by atoms with van der Waals surface area (Å²) in [5.74, 6) is 0.800. The van der Waals surface area contributed by atoms with E-state index in [1.807, 2.05) is 29.8 Å². The summed E-state index contributed by atoms with van der Waals surface area (Å²) in [6, 6.07) is 10.3. The molecule has 2 aromatic carbocycles. The molecule has 0 saturated carbocycles. The molecule has 6 rings (SSSR count). The van der Waals surface area contributed by atoms with Crippen LogP contribution in [0.15, 0.2) is 42.7 Å². The summed E-state index contributed by atoms with van der Waals surface area (Å²) in [7, 11) is 1.88. The van der Waals surface area contributed by atoms with E-state index in [1.54, 1.807) is 18.5 Å². The van der Waals surface area contributed by atoms with Crippen LogP contribution >= 0.6 is 0 Å². The number of aryl methyl sites for hydroxylation is 1. The van der Waals surface area contributed by atoms with E-state index in [0.717, 1.165) is 24.4 Å². The zero-order valence-electron chi connectivity index (χ0n) is 23.2. The molecule has 2 fully saturated rings. The van der Waals surface area contributed by atoms with Crippen molar-refractivity contribution >= 4 is 11.6 Å². The fraction of sp³-hybridized carbons (Fsp3) is 0.500. The van der Waals surface area contributed by atoms with E-state index >= 15 is 0 Å². The number of ether oxygens (including phenoxy) is 1. The van der Waals surface area contributed by atoms with Crippen molar-refractivity contribution in [3.05, 3.63) is 76.4 Å². The summed E-state index contributed by atoms with van der Waals surface area (Å²) < 4.78 is 50.4. The Hall–Kier alpha value is -3.28. The minimum absolute atomic E-state index is 0.0117. The van der Waals surface area contributed by atoms with E-state index in [1.165, 1.54) is 11.0 Å². The molecule has 0 aliphatic carbocycles. The molecule has 1 aromatic heterocycles. The first-order chi connectivity index (χ1) is 19.6. The first-order valence-corrected chi connectivity index (χ1v) is 14.0. The molecule has 3 aliphatic rings. The van der Waals surface area contributed by atoms with Crippen molar-refractivity contribution in [2.24, 2.45) is 18.9 Å². The SMILES string of the molecule is C[C@@H]1C[C@H](CO)CN(Cc2cc3c(c(C(F)(F)F)c2)CN(c2cccc(C4(Cc5nncn5C)COC4)c2)C3=O)C1. The fourth-order valence-corrected chi connectivity index (χ4v) is 6.63. The Morgan fingerprint density at radius 2 is 1.98 bits per heavy atom. The minimum atomic E-state index is -4.59. The van der Waals surface area contributed by atoms with E-state index in [4.69, 9.17) is 4.74 Å². The third kappa shape index (κ3) is 5.26. The van der Waals surface area contributed by atoms with Crippen molar-refractivity contribution < 1.29 is 27.8 Å². The van der Waals surface area contributed by atoms with Gasteiger partial charge in [-0.2, -0.15) is 13.2 Å². The first-order valence-electron chi connectivity index (χ1n) is 14.0. The van der Waals surface area contributed by atoms with Gasteiger partial charge in [-0.25, -0.2) is 0 Å². The Labute approximate surface area is 236 Å². The van der Waals surface area contributed by atoms with Gasteiger partial charge in [0.15, 0.2) is 0 Å². The second-order valence-electron chi connectivity index (χ2n) is 12.0. The van der Waals surface area contributed by atoms with Crippen molar-refractivity contribution in [2.75, 3.05) is 37.8 Å². The van der Waals surface area contributed by atoms with Crippen LogP contribution in [0.3, 0.4) is 0 Å². The molecule has 11 heteroatoms. The summed E-state index contributed by atoms with van der Waals surface area (Å²) in [6.07, 6.45) is -1.47. The number of anilines is 1. The van der Waals surface area contributed by atoms with E-state index < -0.39 is 17.6 Å². The number of halogens is 3. The number of rotatable bonds is 7. The second kappa shape index (κ2) is 10.5. The summed E-state index contributed by atoms with van der Waals surface area (Å²) in [5.41, 5.74) is 0.962. The lowest BCUT2D eigenvalue weighted by Gasteiger charge is -2.42. The number of piperidine rings is 1. The average Bonchev–Trinajstić information content (AvgIpc) is 3.47. The van der Waals surface area contributed by atoms with Crippen LogP contribution in [-0.4, -0.2) is 63.6 Å². The van der Waals surface area contributed by atoms with E-state index in [9.17, 15) is 23.1 Å². The van der Waals surface area contributed by atoms with Gasteiger partial charge in [0.25, 0.3) is 5.91 Å². The van der Waals surface area contributed by atoms with Crippen LogP contribution < -0.4 is 4.90 Å². The van der Waals surface area contributed by atoms with Gasteiger partial charge in [-0.05, 0) is 59.2 Å². The molecule has 41 heavy (non-hydrogen) atoms. The maximum absolute atomic E-state index is 14.3. The van der Waals surface area contributed by atoms with Crippen molar-refractivity contribution in [3.63, 3.8) is 0 Å². The molecule has 0 radical (unpaired) electrons. The highest BCUT2D eigenvalue weighted by atomic mass is 19.4. The van der Waals surface area contributed by atoms with Gasteiger partial charge in [-0.3, -0.25) is 9.69 Å². The van der Waals surface area contributed by atoms with Gasteiger partial charge in [0.2, 0.25) is 0 Å². The lowest BCUT2D eigenvalue weighted by atomic mass is 9.75. The molecule has 0 unspecified atom stereocenters. The van der Waals surface area contributed by atoms with Gasteiger partial charge in [0, 0.05) is 56.4 Å². The number of likely N-dealkylation sites (tertiary alicyclic amines) is 1. The molecule has 2 atom stereocenters. The summed E-state index contributed by atoms with van der Waals surface area (Å²) in [5, 5.41) is 17.8. The normalized spacial score (nSPS) is 22.6.